The van der Waals surface area contributed by atoms with Crippen LogP contribution in [0.1, 0.15) is 51.0 Å². The number of fused-ring (bicyclic) bond motifs is 1. The van der Waals surface area contributed by atoms with Crippen molar-refractivity contribution >= 4 is 5.65 Å². The summed E-state index contributed by atoms with van der Waals surface area (Å²) in [6.07, 6.45) is 4.59. The highest BCUT2D eigenvalue weighted by atomic mass is 15.0. The lowest BCUT2D eigenvalue weighted by Crippen LogP contribution is -2.22. The third-order valence-electron chi connectivity index (χ3n) is 3.72. The van der Waals surface area contributed by atoms with E-state index < -0.39 is 0 Å². The first kappa shape index (κ1) is 11.7. The highest BCUT2D eigenvalue weighted by Crippen LogP contribution is 2.42. The molecular formula is C15H21N3. The summed E-state index contributed by atoms with van der Waals surface area (Å²) in [5, 5.41) is 0. The van der Waals surface area contributed by atoms with E-state index in [-0.39, 0.29) is 11.5 Å². The molecule has 3 rings (SSSR count). The van der Waals surface area contributed by atoms with Gasteiger partial charge in [0.25, 0.3) is 0 Å². The lowest BCUT2D eigenvalue weighted by atomic mass is 9.88. The Kier molecular flexibility index (Phi) is 2.49. The molecule has 0 spiro atoms. The van der Waals surface area contributed by atoms with Gasteiger partial charge in [-0.3, -0.25) is 0 Å². The molecule has 1 fully saturated rings. The Morgan fingerprint density at radius 3 is 2.67 bits per heavy atom. The molecule has 0 saturated heterocycles. The number of nitrogens with zero attached hydrogens (tertiary/aromatic N) is 2. The summed E-state index contributed by atoms with van der Waals surface area (Å²) in [7, 11) is 0. The van der Waals surface area contributed by atoms with Gasteiger partial charge in [0.2, 0.25) is 0 Å². The van der Waals surface area contributed by atoms with Crippen LogP contribution in [0, 0.1) is 5.92 Å². The number of hydrogen-bond donors (Lipinski definition) is 1. The van der Waals surface area contributed by atoms with Gasteiger partial charge in [-0.1, -0.05) is 26.8 Å². The zero-order valence-electron chi connectivity index (χ0n) is 11.4. The van der Waals surface area contributed by atoms with Crippen molar-refractivity contribution < 1.29 is 0 Å². The minimum Gasteiger partial charge on any atom is -0.322 e. The maximum absolute atomic E-state index is 6.45. The fraction of sp³-hybridized carbons (Fsp3) is 0.533. The highest BCUT2D eigenvalue weighted by Gasteiger charge is 2.35. The summed E-state index contributed by atoms with van der Waals surface area (Å²) >= 11 is 0. The van der Waals surface area contributed by atoms with Gasteiger partial charge in [0.05, 0.1) is 17.4 Å². The van der Waals surface area contributed by atoms with E-state index in [1.807, 2.05) is 12.1 Å². The second kappa shape index (κ2) is 3.82. The first-order valence-electron chi connectivity index (χ1n) is 6.71. The normalized spacial score (nSPS) is 18.2. The molecule has 2 aromatic rings. The van der Waals surface area contributed by atoms with Crippen molar-refractivity contribution in [2.45, 2.75) is 45.1 Å². The van der Waals surface area contributed by atoms with Crippen LogP contribution in [0.5, 0.6) is 0 Å². The topological polar surface area (TPSA) is 43.3 Å². The molecule has 2 heterocycles. The van der Waals surface area contributed by atoms with Crippen LogP contribution in [0.2, 0.25) is 0 Å². The molecule has 0 amide bonds. The number of nitrogens with two attached hydrogens (primary N) is 1. The van der Waals surface area contributed by atoms with E-state index in [4.69, 9.17) is 10.7 Å². The predicted octanol–water partition coefficient (Wildman–Crippen LogP) is 3.04. The second-order valence-electron chi connectivity index (χ2n) is 6.39. The SMILES string of the molecule is CC(C)(C)c1nc2ccccn2c1C(N)C1CC1. The number of pyridine rings is 1. The Labute approximate surface area is 108 Å². The van der Waals surface area contributed by atoms with Gasteiger partial charge >= 0.3 is 0 Å². The highest BCUT2D eigenvalue weighted by molar-refractivity contribution is 5.46. The first-order valence-corrected chi connectivity index (χ1v) is 6.71. The summed E-state index contributed by atoms with van der Waals surface area (Å²) in [6, 6.07) is 6.25. The standard InChI is InChI=1S/C15H21N3/c1-15(2,3)14-13(12(16)10-7-8-10)18-9-5-4-6-11(18)17-14/h4-6,9-10,12H,7-8,16H2,1-3H3. The summed E-state index contributed by atoms with van der Waals surface area (Å²) < 4.78 is 2.17. The quantitative estimate of drug-likeness (QED) is 0.881. The van der Waals surface area contributed by atoms with Crippen molar-refractivity contribution in [3.05, 3.63) is 35.8 Å². The zero-order valence-corrected chi connectivity index (χ0v) is 11.4. The van der Waals surface area contributed by atoms with Crippen molar-refractivity contribution in [1.29, 1.82) is 0 Å². The van der Waals surface area contributed by atoms with Gasteiger partial charge in [0.15, 0.2) is 0 Å². The fourth-order valence-corrected chi connectivity index (χ4v) is 2.56. The minimum absolute atomic E-state index is 0.0356. The molecule has 3 heteroatoms. The molecule has 1 atom stereocenters. The maximum Gasteiger partial charge on any atom is 0.137 e. The molecule has 0 radical (unpaired) electrons. The van der Waals surface area contributed by atoms with Crippen molar-refractivity contribution in [2.24, 2.45) is 11.7 Å². The molecule has 1 saturated carbocycles. The summed E-state index contributed by atoms with van der Waals surface area (Å²) in [6.45, 7) is 6.62. The molecular weight excluding hydrogens is 222 g/mol. The molecule has 1 unspecified atom stereocenters. The zero-order chi connectivity index (χ0) is 12.9. The number of imidazole rings is 1. The summed E-state index contributed by atoms with van der Waals surface area (Å²) in [5.74, 6) is 0.645. The summed E-state index contributed by atoms with van der Waals surface area (Å²) in [5.41, 5.74) is 9.85. The largest absolute Gasteiger partial charge is 0.322 e. The molecule has 3 nitrogen and oxygen atoms in total. The van der Waals surface area contributed by atoms with Crippen LogP contribution >= 0.6 is 0 Å². The van der Waals surface area contributed by atoms with E-state index in [0.717, 1.165) is 11.3 Å². The van der Waals surface area contributed by atoms with Gasteiger partial charge in [-0.15, -0.1) is 0 Å². The Bertz CT molecular complexity index is 573. The lowest BCUT2D eigenvalue weighted by Gasteiger charge is -2.21. The number of aromatic nitrogens is 2. The second-order valence-corrected chi connectivity index (χ2v) is 6.39. The van der Waals surface area contributed by atoms with Gasteiger partial charge < -0.3 is 10.1 Å². The minimum atomic E-state index is 0.0356. The maximum atomic E-state index is 6.45. The van der Waals surface area contributed by atoms with Crippen LogP contribution < -0.4 is 5.73 Å². The van der Waals surface area contributed by atoms with Crippen LogP contribution in [0.4, 0.5) is 0 Å². The molecule has 96 valence electrons. The van der Waals surface area contributed by atoms with Crippen LogP contribution in [-0.2, 0) is 5.41 Å². The first-order chi connectivity index (χ1) is 8.48. The van der Waals surface area contributed by atoms with Crippen LogP contribution in [0.15, 0.2) is 24.4 Å². The molecule has 1 aliphatic carbocycles. The van der Waals surface area contributed by atoms with E-state index in [0.29, 0.717) is 5.92 Å². The molecule has 2 aromatic heterocycles. The third kappa shape index (κ3) is 1.83. The molecule has 0 bridgehead atoms. The number of rotatable bonds is 2. The van der Waals surface area contributed by atoms with Crippen LogP contribution in [0.3, 0.4) is 0 Å². The molecule has 0 aromatic carbocycles. The van der Waals surface area contributed by atoms with Crippen LogP contribution in [-0.4, -0.2) is 9.38 Å². The van der Waals surface area contributed by atoms with Crippen molar-refractivity contribution in [2.75, 3.05) is 0 Å². The Morgan fingerprint density at radius 1 is 1.33 bits per heavy atom. The average Bonchev–Trinajstić information content (AvgIpc) is 3.06. The van der Waals surface area contributed by atoms with E-state index in [9.17, 15) is 0 Å². The van der Waals surface area contributed by atoms with Gasteiger partial charge in [-0.2, -0.15) is 0 Å². The molecule has 1 aliphatic rings. The Balaban J connectivity index is 2.23. The van der Waals surface area contributed by atoms with Crippen LogP contribution in [0.25, 0.3) is 5.65 Å². The van der Waals surface area contributed by atoms with E-state index in [2.05, 4.69) is 37.4 Å². The van der Waals surface area contributed by atoms with Gasteiger partial charge in [-0.25, -0.2) is 4.98 Å². The molecule has 18 heavy (non-hydrogen) atoms. The van der Waals surface area contributed by atoms with Gasteiger partial charge in [0.1, 0.15) is 5.65 Å². The van der Waals surface area contributed by atoms with Crippen molar-refractivity contribution in [3.8, 4) is 0 Å². The van der Waals surface area contributed by atoms with E-state index >= 15 is 0 Å². The predicted molar refractivity (Wildman–Crippen MR) is 73.5 cm³/mol. The Morgan fingerprint density at radius 2 is 2.06 bits per heavy atom. The molecule has 0 aliphatic heterocycles. The number of hydrogen-bond acceptors (Lipinski definition) is 2. The smallest absolute Gasteiger partial charge is 0.137 e. The van der Waals surface area contributed by atoms with Crippen molar-refractivity contribution in [1.82, 2.24) is 9.38 Å². The third-order valence-corrected chi connectivity index (χ3v) is 3.72. The van der Waals surface area contributed by atoms with Gasteiger partial charge in [0, 0.05) is 11.6 Å². The van der Waals surface area contributed by atoms with Gasteiger partial charge in [-0.05, 0) is 30.9 Å². The lowest BCUT2D eigenvalue weighted by molar-refractivity contribution is 0.532. The fourth-order valence-electron chi connectivity index (χ4n) is 2.56. The van der Waals surface area contributed by atoms with E-state index in [1.54, 1.807) is 0 Å². The van der Waals surface area contributed by atoms with Crippen molar-refractivity contribution in [3.63, 3.8) is 0 Å². The molecule has 2 N–H and O–H groups in total. The average molecular weight is 243 g/mol. The van der Waals surface area contributed by atoms with E-state index in [1.165, 1.54) is 18.5 Å². The summed E-state index contributed by atoms with van der Waals surface area (Å²) in [4.78, 5) is 4.80. The Hall–Kier alpha value is -1.35. The monoisotopic (exact) mass is 243 g/mol.